The van der Waals surface area contributed by atoms with Crippen LogP contribution in [0.15, 0.2) is 30.3 Å². The van der Waals surface area contributed by atoms with Crippen molar-refractivity contribution in [3.05, 3.63) is 35.9 Å². The Morgan fingerprint density at radius 3 is 2.20 bits per heavy atom. The van der Waals surface area contributed by atoms with Crippen LogP contribution in [0.5, 0.6) is 0 Å². The van der Waals surface area contributed by atoms with Crippen LogP contribution in [0.3, 0.4) is 0 Å². The van der Waals surface area contributed by atoms with Crippen molar-refractivity contribution in [2.24, 2.45) is 5.92 Å². The first-order chi connectivity index (χ1) is 6.94. The average molecular weight is 204 g/mol. The number of Topliss-reactive ketones (excluding diaryl/α,β-unsaturated/α-hetero) is 1. The fraction of sp³-hybridized carbons (Fsp3) is 0.500. The van der Waals surface area contributed by atoms with Crippen LogP contribution < -0.4 is 0 Å². The smallest absolute Gasteiger partial charge is 0.143 e. The first-order valence-corrected chi connectivity index (χ1v) is 5.53. The minimum Gasteiger partial charge on any atom is -0.299 e. The van der Waals surface area contributed by atoms with Crippen LogP contribution in [0.4, 0.5) is 0 Å². The number of carbonyl (C=O) groups is 1. The largest absolute Gasteiger partial charge is 0.299 e. The first kappa shape index (κ1) is 12.0. The van der Waals surface area contributed by atoms with Gasteiger partial charge in [0.05, 0.1) is 0 Å². The van der Waals surface area contributed by atoms with Crippen molar-refractivity contribution < 1.29 is 4.79 Å². The summed E-state index contributed by atoms with van der Waals surface area (Å²) in [5.41, 5.74) is 0.751. The van der Waals surface area contributed by atoms with E-state index >= 15 is 0 Å². The summed E-state index contributed by atoms with van der Waals surface area (Å²) in [7, 11) is 0. The minimum atomic E-state index is -0.356. The van der Waals surface area contributed by atoms with E-state index in [2.05, 4.69) is 13.8 Å². The molecule has 0 fully saturated rings. The molecule has 0 aliphatic rings. The molecule has 0 atom stereocenters. The fourth-order valence-corrected chi connectivity index (χ4v) is 1.64. The number of benzene rings is 1. The van der Waals surface area contributed by atoms with E-state index in [0.717, 1.165) is 5.56 Å². The SMILES string of the molecule is CC(C)CC(=O)C(C)(C)c1ccccc1. The third-order valence-corrected chi connectivity index (χ3v) is 2.79. The van der Waals surface area contributed by atoms with Crippen LogP contribution in [0.25, 0.3) is 0 Å². The molecule has 0 aromatic heterocycles. The van der Waals surface area contributed by atoms with E-state index in [-0.39, 0.29) is 5.41 Å². The van der Waals surface area contributed by atoms with E-state index in [1.54, 1.807) is 0 Å². The molecule has 1 nitrogen and oxygen atoms in total. The molecular formula is C14H20O. The van der Waals surface area contributed by atoms with Gasteiger partial charge in [-0.25, -0.2) is 0 Å². The Morgan fingerprint density at radius 1 is 1.20 bits per heavy atom. The summed E-state index contributed by atoms with van der Waals surface area (Å²) < 4.78 is 0. The molecule has 0 saturated carbocycles. The Kier molecular flexibility index (Phi) is 3.67. The lowest BCUT2D eigenvalue weighted by molar-refractivity contribution is -0.124. The van der Waals surface area contributed by atoms with Crippen molar-refractivity contribution >= 4 is 5.78 Å². The predicted octanol–water partition coefficient (Wildman–Crippen LogP) is 3.58. The van der Waals surface area contributed by atoms with Crippen LogP contribution in [-0.4, -0.2) is 5.78 Å². The molecule has 1 aromatic carbocycles. The van der Waals surface area contributed by atoms with Gasteiger partial charge in [-0.15, -0.1) is 0 Å². The maximum Gasteiger partial charge on any atom is 0.143 e. The predicted molar refractivity (Wildman–Crippen MR) is 63.9 cm³/mol. The van der Waals surface area contributed by atoms with Gasteiger partial charge in [-0.2, -0.15) is 0 Å². The molecule has 0 unspecified atom stereocenters. The second kappa shape index (κ2) is 4.61. The summed E-state index contributed by atoms with van der Waals surface area (Å²) in [6, 6.07) is 10.0. The molecule has 0 heterocycles. The Morgan fingerprint density at radius 2 is 1.73 bits per heavy atom. The summed E-state index contributed by atoms with van der Waals surface area (Å²) in [6.07, 6.45) is 0.655. The first-order valence-electron chi connectivity index (χ1n) is 5.53. The second-order valence-electron chi connectivity index (χ2n) is 5.01. The third-order valence-electron chi connectivity index (χ3n) is 2.79. The molecule has 0 saturated heterocycles. The van der Waals surface area contributed by atoms with Gasteiger partial charge >= 0.3 is 0 Å². The highest BCUT2D eigenvalue weighted by Crippen LogP contribution is 2.26. The van der Waals surface area contributed by atoms with E-state index in [9.17, 15) is 4.79 Å². The minimum absolute atomic E-state index is 0.323. The number of ketones is 1. The fourth-order valence-electron chi connectivity index (χ4n) is 1.64. The molecule has 1 aromatic rings. The summed E-state index contributed by atoms with van der Waals surface area (Å²) in [5.74, 6) is 0.754. The molecule has 0 spiro atoms. The van der Waals surface area contributed by atoms with Crippen molar-refractivity contribution in [2.75, 3.05) is 0 Å². The average Bonchev–Trinajstić information content (AvgIpc) is 2.18. The van der Waals surface area contributed by atoms with Crippen molar-refractivity contribution in [3.63, 3.8) is 0 Å². The molecule has 82 valence electrons. The maximum atomic E-state index is 12.1. The Bertz CT molecular complexity index is 322. The van der Waals surface area contributed by atoms with Gasteiger partial charge in [0.1, 0.15) is 5.78 Å². The maximum absolute atomic E-state index is 12.1. The zero-order chi connectivity index (χ0) is 11.5. The molecule has 0 aliphatic carbocycles. The molecule has 0 N–H and O–H groups in total. The highest BCUT2D eigenvalue weighted by Gasteiger charge is 2.29. The van der Waals surface area contributed by atoms with E-state index in [1.165, 1.54) is 0 Å². The van der Waals surface area contributed by atoms with Crippen molar-refractivity contribution in [2.45, 2.75) is 39.5 Å². The summed E-state index contributed by atoms with van der Waals surface area (Å²) in [6.45, 7) is 8.18. The number of hydrogen-bond donors (Lipinski definition) is 0. The summed E-state index contributed by atoms with van der Waals surface area (Å²) in [4.78, 5) is 12.1. The Labute approximate surface area is 92.5 Å². The van der Waals surface area contributed by atoms with E-state index in [4.69, 9.17) is 0 Å². The molecule has 0 aliphatic heterocycles. The number of carbonyl (C=O) groups excluding carboxylic acids is 1. The number of hydrogen-bond acceptors (Lipinski definition) is 1. The van der Waals surface area contributed by atoms with Gasteiger partial charge in [-0.05, 0) is 25.3 Å². The lowest BCUT2D eigenvalue weighted by Crippen LogP contribution is -2.29. The van der Waals surface area contributed by atoms with Gasteiger partial charge in [0.15, 0.2) is 0 Å². The highest BCUT2D eigenvalue weighted by atomic mass is 16.1. The van der Waals surface area contributed by atoms with Crippen LogP contribution in [0.1, 0.15) is 39.7 Å². The highest BCUT2D eigenvalue weighted by molar-refractivity contribution is 5.89. The van der Waals surface area contributed by atoms with E-state index < -0.39 is 0 Å². The Hall–Kier alpha value is -1.11. The molecule has 0 radical (unpaired) electrons. The van der Waals surface area contributed by atoms with Crippen LogP contribution in [-0.2, 0) is 10.2 Å². The normalized spacial score (nSPS) is 11.8. The third kappa shape index (κ3) is 2.92. The van der Waals surface area contributed by atoms with Gasteiger partial charge in [-0.1, -0.05) is 44.2 Å². The van der Waals surface area contributed by atoms with Crippen molar-refractivity contribution in [3.8, 4) is 0 Å². The lowest BCUT2D eigenvalue weighted by Gasteiger charge is -2.24. The van der Waals surface area contributed by atoms with E-state index in [0.29, 0.717) is 18.1 Å². The monoisotopic (exact) mass is 204 g/mol. The molecule has 15 heavy (non-hydrogen) atoms. The van der Waals surface area contributed by atoms with Crippen molar-refractivity contribution in [1.82, 2.24) is 0 Å². The van der Waals surface area contributed by atoms with Gasteiger partial charge < -0.3 is 0 Å². The number of rotatable bonds is 4. The molecule has 0 amide bonds. The van der Waals surface area contributed by atoms with E-state index in [1.807, 2.05) is 44.2 Å². The molecule has 0 bridgehead atoms. The lowest BCUT2D eigenvalue weighted by atomic mass is 9.78. The summed E-state index contributed by atoms with van der Waals surface area (Å²) >= 11 is 0. The molecular weight excluding hydrogens is 184 g/mol. The quantitative estimate of drug-likeness (QED) is 0.732. The van der Waals surface area contributed by atoms with Gasteiger partial charge in [0.2, 0.25) is 0 Å². The molecule has 1 heteroatoms. The van der Waals surface area contributed by atoms with Gasteiger partial charge in [0.25, 0.3) is 0 Å². The van der Waals surface area contributed by atoms with Crippen LogP contribution in [0, 0.1) is 5.92 Å². The zero-order valence-electron chi connectivity index (χ0n) is 10.1. The second-order valence-corrected chi connectivity index (χ2v) is 5.01. The van der Waals surface area contributed by atoms with Crippen LogP contribution in [0.2, 0.25) is 0 Å². The Balaban J connectivity index is 2.88. The standard InChI is InChI=1S/C14H20O/c1-11(2)10-13(15)14(3,4)12-8-6-5-7-9-12/h5-9,11H,10H2,1-4H3. The van der Waals surface area contributed by atoms with Gasteiger partial charge in [0, 0.05) is 11.8 Å². The topological polar surface area (TPSA) is 17.1 Å². The van der Waals surface area contributed by atoms with Crippen molar-refractivity contribution in [1.29, 1.82) is 0 Å². The summed E-state index contributed by atoms with van der Waals surface area (Å²) in [5, 5.41) is 0. The molecule has 1 rings (SSSR count). The van der Waals surface area contributed by atoms with Gasteiger partial charge in [-0.3, -0.25) is 4.79 Å². The van der Waals surface area contributed by atoms with Crippen LogP contribution >= 0.6 is 0 Å². The zero-order valence-corrected chi connectivity index (χ0v) is 10.1.